The Morgan fingerprint density at radius 2 is 1.67 bits per heavy atom. The third kappa shape index (κ3) is 6.88. The lowest BCUT2D eigenvalue weighted by molar-refractivity contribution is 0.267. The van der Waals surface area contributed by atoms with Gasteiger partial charge in [-0.3, -0.25) is 0 Å². The maximum absolute atomic E-state index is 13.0. The van der Waals surface area contributed by atoms with Crippen molar-refractivity contribution in [2.45, 2.75) is 26.6 Å². The van der Waals surface area contributed by atoms with Gasteiger partial charge in [-0.15, -0.1) is 12.4 Å². The third-order valence-electron chi connectivity index (χ3n) is 4.27. The van der Waals surface area contributed by atoms with Crippen molar-refractivity contribution < 1.29 is 13.9 Å². The van der Waals surface area contributed by atoms with E-state index in [1.54, 1.807) is 12.1 Å². The molecule has 0 unspecified atom stereocenters. The second-order valence-corrected chi connectivity index (χ2v) is 7.71. The number of benzene rings is 3. The largest absolute Gasteiger partial charge is 0.490 e. The van der Waals surface area contributed by atoms with Crippen LogP contribution in [0, 0.1) is 5.82 Å². The van der Waals surface area contributed by atoms with Crippen molar-refractivity contribution in [3.63, 3.8) is 0 Å². The van der Waals surface area contributed by atoms with Gasteiger partial charge in [0, 0.05) is 23.7 Å². The summed E-state index contributed by atoms with van der Waals surface area (Å²) in [7, 11) is 0. The fourth-order valence-corrected chi connectivity index (χ4v) is 3.64. The highest BCUT2D eigenvalue weighted by molar-refractivity contribution is 9.10. The first kappa shape index (κ1) is 24.5. The molecule has 7 heteroatoms. The molecule has 3 aromatic carbocycles. The SMILES string of the molecule is CCOc1cc(CNCc2ccc(F)cc2)cc(Br)c1OCc1ccccc1Cl.Cl. The van der Waals surface area contributed by atoms with Gasteiger partial charge in [0.25, 0.3) is 0 Å². The number of hydrogen-bond acceptors (Lipinski definition) is 3. The van der Waals surface area contributed by atoms with Crippen LogP contribution in [0.5, 0.6) is 11.5 Å². The van der Waals surface area contributed by atoms with Crippen molar-refractivity contribution in [1.82, 2.24) is 5.32 Å². The highest BCUT2D eigenvalue weighted by Gasteiger charge is 2.13. The van der Waals surface area contributed by atoms with Crippen LogP contribution in [-0.2, 0) is 19.7 Å². The molecule has 160 valence electrons. The van der Waals surface area contributed by atoms with Gasteiger partial charge in [-0.05, 0) is 64.3 Å². The van der Waals surface area contributed by atoms with Crippen molar-refractivity contribution >= 4 is 39.9 Å². The topological polar surface area (TPSA) is 30.5 Å². The van der Waals surface area contributed by atoms with Crippen LogP contribution in [0.1, 0.15) is 23.6 Å². The zero-order valence-electron chi connectivity index (χ0n) is 16.5. The zero-order chi connectivity index (χ0) is 20.6. The van der Waals surface area contributed by atoms with E-state index in [0.717, 1.165) is 21.2 Å². The maximum atomic E-state index is 13.0. The fourth-order valence-electron chi connectivity index (χ4n) is 2.85. The molecular weight excluding hydrogens is 492 g/mol. The van der Waals surface area contributed by atoms with Crippen LogP contribution in [-0.4, -0.2) is 6.61 Å². The van der Waals surface area contributed by atoms with Gasteiger partial charge in [0.15, 0.2) is 11.5 Å². The van der Waals surface area contributed by atoms with E-state index in [2.05, 4.69) is 21.2 Å². The Balaban J connectivity index is 0.00000320. The summed E-state index contributed by atoms with van der Waals surface area (Å²) in [6, 6.07) is 18.0. The van der Waals surface area contributed by atoms with Gasteiger partial charge in [-0.25, -0.2) is 4.39 Å². The van der Waals surface area contributed by atoms with E-state index in [1.165, 1.54) is 12.1 Å². The second kappa shape index (κ2) is 12.2. The Labute approximate surface area is 196 Å². The molecule has 3 aromatic rings. The van der Waals surface area contributed by atoms with Crippen molar-refractivity contribution in [2.24, 2.45) is 0 Å². The van der Waals surface area contributed by atoms with Crippen LogP contribution in [0.25, 0.3) is 0 Å². The van der Waals surface area contributed by atoms with Crippen molar-refractivity contribution in [3.8, 4) is 11.5 Å². The van der Waals surface area contributed by atoms with E-state index >= 15 is 0 Å². The van der Waals surface area contributed by atoms with Crippen LogP contribution in [0.4, 0.5) is 4.39 Å². The Hall–Kier alpha value is -1.79. The van der Waals surface area contributed by atoms with Crippen LogP contribution in [0.15, 0.2) is 65.1 Å². The van der Waals surface area contributed by atoms with Crippen molar-refractivity contribution in [2.75, 3.05) is 6.61 Å². The molecule has 0 amide bonds. The van der Waals surface area contributed by atoms with Gasteiger partial charge in [-0.2, -0.15) is 0 Å². The molecule has 0 aliphatic carbocycles. The summed E-state index contributed by atoms with van der Waals surface area (Å²) in [5.74, 6) is 1.09. The number of hydrogen-bond donors (Lipinski definition) is 1. The number of ether oxygens (including phenoxy) is 2. The summed E-state index contributed by atoms with van der Waals surface area (Å²) in [5.41, 5.74) is 2.98. The van der Waals surface area contributed by atoms with Crippen LogP contribution in [0.3, 0.4) is 0 Å². The quantitative estimate of drug-likeness (QED) is 0.335. The van der Waals surface area contributed by atoms with E-state index in [-0.39, 0.29) is 18.2 Å². The molecule has 3 rings (SSSR count). The molecule has 0 aromatic heterocycles. The summed E-state index contributed by atoms with van der Waals surface area (Å²) in [4.78, 5) is 0. The first-order valence-corrected chi connectivity index (χ1v) is 10.5. The van der Waals surface area contributed by atoms with Gasteiger partial charge in [-0.1, -0.05) is 41.9 Å². The van der Waals surface area contributed by atoms with Crippen molar-refractivity contribution in [1.29, 1.82) is 0 Å². The zero-order valence-corrected chi connectivity index (χ0v) is 19.6. The van der Waals surface area contributed by atoms with Gasteiger partial charge < -0.3 is 14.8 Å². The van der Waals surface area contributed by atoms with E-state index in [9.17, 15) is 4.39 Å². The lowest BCUT2D eigenvalue weighted by Gasteiger charge is -2.16. The molecule has 0 aliphatic rings. The third-order valence-corrected chi connectivity index (χ3v) is 5.23. The first-order valence-electron chi connectivity index (χ1n) is 9.33. The van der Waals surface area contributed by atoms with E-state index in [4.69, 9.17) is 21.1 Å². The minimum absolute atomic E-state index is 0. The molecule has 0 fully saturated rings. The van der Waals surface area contributed by atoms with Gasteiger partial charge in [0.2, 0.25) is 0 Å². The van der Waals surface area contributed by atoms with E-state index < -0.39 is 0 Å². The monoisotopic (exact) mass is 513 g/mol. The molecule has 0 radical (unpaired) electrons. The highest BCUT2D eigenvalue weighted by atomic mass is 79.9. The minimum atomic E-state index is -0.230. The smallest absolute Gasteiger partial charge is 0.175 e. The van der Waals surface area contributed by atoms with Gasteiger partial charge in [0.1, 0.15) is 12.4 Å². The lowest BCUT2D eigenvalue weighted by atomic mass is 10.1. The number of halogens is 4. The Morgan fingerprint density at radius 1 is 0.967 bits per heavy atom. The summed E-state index contributed by atoms with van der Waals surface area (Å²) in [6.45, 7) is 4.10. The average molecular weight is 515 g/mol. The molecule has 0 heterocycles. The lowest BCUT2D eigenvalue weighted by Crippen LogP contribution is -2.13. The summed E-state index contributed by atoms with van der Waals surface area (Å²) >= 11 is 9.82. The van der Waals surface area contributed by atoms with Crippen molar-refractivity contribution in [3.05, 3.63) is 92.7 Å². The Kier molecular flexibility index (Phi) is 9.92. The molecular formula is C23H23BrCl2FNO2. The van der Waals surface area contributed by atoms with Crippen LogP contribution in [0.2, 0.25) is 5.02 Å². The molecule has 0 saturated carbocycles. The molecule has 0 spiro atoms. The molecule has 3 nitrogen and oxygen atoms in total. The predicted molar refractivity (Wildman–Crippen MR) is 125 cm³/mol. The Morgan fingerprint density at radius 3 is 2.37 bits per heavy atom. The normalized spacial score (nSPS) is 10.4. The van der Waals surface area contributed by atoms with Crippen LogP contribution < -0.4 is 14.8 Å². The molecule has 0 atom stereocenters. The second-order valence-electron chi connectivity index (χ2n) is 6.45. The summed E-state index contributed by atoms with van der Waals surface area (Å²) < 4.78 is 25.6. The molecule has 30 heavy (non-hydrogen) atoms. The maximum Gasteiger partial charge on any atom is 0.175 e. The standard InChI is InChI=1S/C23H22BrClFNO2.ClH/c1-2-28-22-12-17(14-27-13-16-7-9-19(26)10-8-16)11-20(24)23(22)29-15-18-5-3-4-6-21(18)25;/h3-12,27H,2,13-15H2,1H3;1H. The predicted octanol–water partition coefficient (Wildman–Crippen LogP) is 6.93. The van der Waals surface area contributed by atoms with Gasteiger partial charge >= 0.3 is 0 Å². The number of rotatable bonds is 9. The van der Waals surface area contributed by atoms with E-state index in [1.807, 2.05) is 43.3 Å². The molecule has 1 N–H and O–H groups in total. The highest BCUT2D eigenvalue weighted by Crippen LogP contribution is 2.37. The summed E-state index contributed by atoms with van der Waals surface area (Å²) in [6.07, 6.45) is 0. The Bertz CT molecular complexity index is 954. The van der Waals surface area contributed by atoms with Gasteiger partial charge in [0.05, 0.1) is 11.1 Å². The fraction of sp³-hybridized carbons (Fsp3) is 0.217. The molecule has 0 saturated heterocycles. The molecule has 0 aliphatic heterocycles. The first-order chi connectivity index (χ1) is 14.1. The van der Waals surface area contributed by atoms with E-state index in [0.29, 0.717) is 42.8 Å². The summed E-state index contributed by atoms with van der Waals surface area (Å²) in [5, 5.41) is 4.03. The molecule has 0 bridgehead atoms. The average Bonchev–Trinajstić information content (AvgIpc) is 2.70. The number of nitrogens with one attached hydrogen (secondary N) is 1. The minimum Gasteiger partial charge on any atom is -0.490 e. The van der Waals surface area contributed by atoms with Crippen LogP contribution >= 0.6 is 39.9 Å².